The Balaban J connectivity index is 0.950. The Bertz CT molecular complexity index is 3940. The molecule has 0 aliphatic rings. The first kappa shape index (κ1) is 34.8. The van der Waals surface area contributed by atoms with Crippen LogP contribution in [0.4, 0.5) is 0 Å². The molecule has 0 radical (unpaired) electrons. The maximum Gasteiger partial charge on any atom is 0.165 e. The lowest BCUT2D eigenvalue weighted by molar-refractivity contribution is 0.669. The number of rotatable bonds is 5. The molecular weight excluding hydrogens is 775 g/mol. The van der Waals surface area contributed by atoms with E-state index in [-0.39, 0.29) is 0 Å². The molecule has 0 N–H and O–H groups in total. The van der Waals surface area contributed by atoms with Crippen molar-refractivity contribution in [3.63, 3.8) is 0 Å². The van der Waals surface area contributed by atoms with Gasteiger partial charge in [0.2, 0.25) is 0 Å². The molecule has 0 saturated carbocycles. The van der Waals surface area contributed by atoms with Gasteiger partial charge < -0.3 is 4.42 Å². The van der Waals surface area contributed by atoms with E-state index >= 15 is 0 Å². The summed E-state index contributed by atoms with van der Waals surface area (Å²) in [4.78, 5) is 15.7. The van der Waals surface area contributed by atoms with Crippen LogP contribution in [0.15, 0.2) is 205 Å². The quantitative estimate of drug-likeness (QED) is 0.163. The molecule has 0 unspecified atom stereocenters. The zero-order valence-corrected chi connectivity index (χ0v) is 34.0. The smallest absolute Gasteiger partial charge is 0.165 e. The van der Waals surface area contributed by atoms with E-state index < -0.39 is 0 Å². The second-order valence-corrected chi connectivity index (χ2v) is 17.0. The van der Waals surface area contributed by atoms with E-state index in [9.17, 15) is 0 Å². The maximum atomic E-state index is 6.40. The van der Waals surface area contributed by atoms with Crippen LogP contribution in [0.1, 0.15) is 0 Å². The molecule has 0 saturated heterocycles. The number of hydrogen-bond donors (Lipinski definition) is 0. The zero-order chi connectivity index (χ0) is 40.7. The van der Waals surface area contributed by atoms with Crippen LogP contribution in [-0.2, 0) is 0 Å². The summed E-state index contributed by atoms with van der Waals surface area (Å²) in [7, 11) is 0. The molecule has 4 nitrogen and oxygen atoms in total. The summed E-state index contributed by atoms with van der Waals surface area (Å²) in [5.41, 5.74) is 9.27. The van der Waals surface area contributed by atoms with Crippen LogP contribution < -0.4 is 0 Å². The van der Waals surface area contributed by atoms with E-state index in [4.69, 9.17) is 19.4 Å². The standard InChI is InChI=1S/C57H33N3OS/c1-2-10-34(11-3-1)38-27-29-50-49(33-38)53-45(15-9-18-51(53)61-50)40-24-21-37-31-41(25-22-36(37)30-40)55-58-56(42-26-28-44-39(32-42)23-20-35-12-4-5-13-43(35)44)60-57(59-55)48-17-8-16-47-46-14-6-7-19-52(46)62-54(47)48/h1-33H. The van der Waals surface area contributed by atoms with Gasteiger partial charge in [0.25, 0.3) is 0 Å². The number of hydrogen-bond acceptors (Lipinski definition) is 5. The minimum absolute atomic E-state index is 0.636. The van der Waals surface area contributed by atoms with Crippen molar-refractivity contribution in [3.05, 3.63) is 200 Å². The van der Waals surface area contributed by atoms with E-state index in [1.807, 2.05) is 0 Å². The number of fused-ring (bicyclic) bond motifs is 10. The molecule has 5 heteroatoms. The van der Waals surface area contributed by atoms with E-state index in [2.05, 4.69) is 200 Å². The molecule has 0 amide bonds. The third-order valence-electron chi connectivity index (χ3n) is 12.3. The molecular formula is C57H33N3OS. The van der Waals surface area contributed by atoms with Gasteiger partial charge in [-0.2, -0.15) is 0 Å². The predicted molar refractivity (Wildman–Crippen MR) is 260 cm³/mol. The van der Waals surface area contributed by atoms with Crippen molar-refractivity contribution in [2.45, 2.75) is 0 Å². The fraction of sp³-hybridized carbons (Fsp3) is 0. The lowest BCUT2D eigenvalue weighted by Gasteiger charge is -2.11. The van der Waals surface area contributed by atoms with Crippen LogP contribution in [0, 0.1) is 0 Å². The van der Waals surface area contributed by atoms with Gasteiger partial charge in [0.15, 0.2) is 17.5 Å². The molecule has 0 bridgehead atoms. The van der Waals surface area contributed by atoms with Gasteiger partial charge in [-0.25, -0.2) is 15.0 Å². The van der Waals surface area contributed by atoms with Gasteiger partial charge in [0.05, 0.1) is 0 Å². The van der Waals surface area contributed by atoms with Crippen molar-refractivity contribution >= 4 is 85.8 Å². The second-order valence-electron chi connectivity index (χ2n) is 15.9. The van der Waals surface area contributed by atoms with E-state index in [0.717, 1.165) is 65.9 Å². The molecule has 3 aromatic heterocycles. The fourth-order valence-electron chi connectivity index (χ4n) is 9.26. The summed E-state index contributed by atoms with van der Waals surface area (Å²) in [6.45, 7) is 0. The maximum absolute atomic E-state index is 6.40. The molecule has 13 aromatic rings. The van der Waals surface area contributed by atoms with E-state index in [1.165, 1.54) is 47.5 Å². The van der Waals surface area contributed by atoms with Crippen molar-refractivity contribution in [2.75, 3.05) is 0 Å². The summed E-state index contributed by atoms with van der Waals surface area (Å²) >= 11 is 1.79. The van der Waals surface area contributed by atoms with Gasteiger partial charge >= 0.3 is 0 Å². The third kappa shape index (κ3) is 5.63. The predicted octanol–water partition coefficient (Wildman–Crippen LogP) is 15.9. The largest absolute Gasteiger partial charge is 0.456 e. The van der Waals surface area contributed by atoms with Crippen molar-refractivity contribution in [1.82, 2.24) is 15.0 Å². The minimum Gasteiger partial charge on any atom is -0.456 e. The van der Waals surface area contributed by atoms with Gasteiger partial charge in [-0.1, -0.05) is 152 Å². The van der Waals surface area contributed by atoms with Gasteiger partial charge in [-0.3, -0.25) is 0 Å². The lowest BCUT2D eigenvalue weighted by Crippen LogP contribution is -2.00. The fourth-order valence-corrected chi connectivity index (χ4v) is 10.5. The third-order valence-corrected chi connectivity index (χ3v) is 13.5. The van der Waals surface area contributed by atoms with Gasteiger partial charge in [0, 0.05) is 47.6 Å². The number of furan rings is 1. The minimum atomic E-state index is 0.636. The highest BCUT2D eigenvalue weighted by atomic mass is 32.1. The van der Waals surface area contributed by atoms with Crippen LogP contribution in [0.2, 0.25) is 0 Å². The average Bonchev–Trinajstić information content (AvgIpc) is 3.92. The lowest BCUT2D eigenvalue weighted by atomic mass is 9.95. The molecule has 0 spiro atoms. The Morgan fingerprint density at radius 2 is 0.935 bits per heavy atom. The molecule has 62 heavy (non-hydrogen) atoms. The highest BCUT2D eigenvalue weighted by molar-refractivity contribution is 7.26. The first-order valence-electron chi connectivity index (χ1n) is 20.8. The van der Waals surface area contributed by atoms with Gasteiger partial charge in [-0.05, 0) is 103 Å². The highest BCUT2D eigenvalue weighted by Crippen LogP contribution is 2.42. The summed E-state index contributed by atoms with van der Waals surface area (Å²) < 4.78 is 8.81. The zero-order valence-electron chi connectivity index (χ0n) is 33.2. The summed E-state index contributed by atoms with van der Waals surface area (Å²) in [6.07, 6.45) is 0. The van der Waals surface area contributed by atoms with Crippen LogP contribution >= 0.6 is 11.3 Å². The Labute approximate surface area is 360 Å². The van der Waals surface area contributed by atoms with Crippen LogP contribution in [0.3, 0.4) is 0 Å². The van der Waals surface area contributed by atoms with Gasteiger partial charge in [0.1, 0.15) is 11.2 Å². The average molecular weight is 808 g/mol. The molecule has 10 aromatic carbocycles. The van der Waals surface area contributed by atoms with Crippen LogP contribution in [0.5, 0.6) is 0 Å². The first-order chi connectivity index (χ1) is 30.7. The molecule has 0 fully saturated rings. The highest BCUT2D eigenvalue weighted by Gasteiger charge is 2.19. The molecule has 0 atom stereocenters. The number of aromatic nitrogens is 3. The number of thiophene rings is 1. The Morgan fingerprint density at radius 1 is 0.323 bits per heavy atom. The number of nitrogens with zero attached hydrogens (tertiary/aromatic N) is 3. The Hall–Kier alpha value is -7.99. The van der Waals surface area contributed by atoms with Crippen molar-refractivity contribution in [2.24, 2.45) is 0 Å². The van der Waals surface area contributed by atoms with Crippen molar-refractivity contribution in [3.8, 4) is 56.4 Å². The van der Waals surface area contributed by atoms with E-state index in [0.29, 0.717) is 17.5 Å². The van der Waals surface area contributed by atoms with Crippen LogP contribution in [0.25, 0.3) is 131 Å². The molecule has 288 valence electrons. The van der Waals surface area contributed by atoms with E-state index in [1.54, 1.807) is 11.3 Å². The van der Waals surface area contributed by atoms with Gasteiger partial charge in [-0.15, -0.1) is 11.3 Å². The van der Waals surface area contributed by atoms with Crippen LogP contribution in [-0.4, -0.2) is 15.0 Å². The molecule has 0 aliphatic heterocycles. The SMILES string of the molecule is c1ccc(-c2ccc3oc4cccc(-c5ccc6cc(-c7nc(-c8ccc9c(ccc%10ccccc%109)c8)nc(-c8cccc9c8sc8ccccc89)n7)ccc6c5)c4c3c2)cc1. The Morgan fingerprint density at radius 3 is 1.81 bits per heavy atom. The first-order valence-corrected chi connectivity index (χ1v) is 21.6. The second kappa shape index (κ2) is 13.8. The normalized spacial score (nSPS) is 11.9. The summed E-state index contributed by atoms with van der Waals surface area (Å²) in [6, 6.07) is 71.1. The molecule has 3 heterocycles. The van der Waals surface area contributed by atoms with Crippen molar-refractivity contribution < 1.29 is 4.42 Å². The summed E-state index contributed by atoms with van der Waals surface area (Å²) in [5.74, 6) is 1.94. The molecule has 13 rings (SSSR count). The van der Waals surface area contributed by atoms with Crippen molar-refractivity contribution in [1.29, 1.82) is 0 Å². The number of benzene rings is 10. The summed E-state index contributed by atoms with van der Waals surface area (Å²) in [5, 5.41) is 11.7. The topological polar surface area (TPSA) is 51.8 Å². The monoisotopic (exact) mass is 807 g/mol. The molecule has 0 aliphatic carbocycles. The Kier molecular flexibility index (Phi) is 7.74.